The van der Waals surface area contributed by atoms with Gasteiger partial charge in [0.2, 0.25) is 0 Å². The predicted molar refractivity (Wildman–Crippen MR) is 39.7 cm³/mol. The third kappa shape index (κ3) is 166000. The fraction of sp³-hybridized carbons (Fsp3) is 0. The molecule has 0 rings (SSSR count). The average molecular weight is 404 g/mol. The molecule has 0 aliphatic heterocycles. The largest absolute Gasteiger partial charge is 3.00 e. The third-order valence-electron chi connectivity index (χ3n) is 0. The van der Waals surface area contributed by atoms with Crippen molar-refractivity contribution < 1.29 is 136 Å². The Bertz CT molecular complexity index is 144. The van der Waals surface area contributed by atoms with Crippen LogP contribution in [0.2, 0.25) is 0 Å². The standard InChI is InChI=1S/8CN.2K.2Ni/c8*1-2;;;;/q8*-1;2*+1;2*+3. The van der Waals surface area contributed by atoms with E-state index in [-0.39, 0.29) is 136 Å². The fourth-order valence-electron chi connectivity index (χ4n) is 0. The maximum absolute atomic E-state index is 6.25. The molecule has 0 bridgehead atoms. The molecular weight excluding hydrogens is 404 g/mol. The quantitative estimate of drug-likeness (QED) is 0.283. The summed E-state index contributed by atoms with van der Waals surface area (Å²) in [5, 5.41) is 50.0. The second kappa shape index (κ2) is 196000. The van der Waals surface area contributed by atoms with Crippen molar-refractivity contribution in [3.05, 3.63) is 52.6 Å². The molecule has 2 radical (unpaired) electrons. The Labute approximate surface area is 225 Å². The maximum Gasteiger partial charge on any atom is 3.00 e. The van der Waals surface area contributed by atoms with Crippen molar-refractivity contribution >= 4 is 0 Å². The minimum atomic E-state index is 0. The van der Waals surface area contributed by atoms with Gasteiger partial charge >= 0.3 is 136 Å². The van der Waals surface area contributed by atoms with E-state index in [0.29, 0.717) is 0 Å². The van der Waals surface area contributed by atoms with E-state index in [2.05, 4.69) is 0 Å². The van der Waals surface area contributed by atoms with E-state index in [9.17, 15) is 0 Å². The van der Waals surface area contributed by atoms with Crippen molar-refractivity contribution in [2.45, 2.75) is 0 Å². The minimum Gasteiger partial charge on any atom is -0.512 e. The van der Waals surface area contributed by atoms with Gasteiger partial charge in [0, 0.05) is 0 Å². The van der Waals surface area contributed by atoms with Crippen molar-refractivity contribution in [1.29, 1.82) is 42.1 Å². The molecule has 12 heteroatoms. The average Bonchev–Trinajstić information content (AvgIpc) is 2.54. The first kappa shape index (κ1) is 111. The second-order valence-electron chi connectivity index (χ2n) is 0. The molecule has 20 heavy (non-hydrogen) atoms. The Balaban J connectivity index is -0.00000000356. The molecule has 0 aliphatic carbocycles. The van der Waals surface area contributed by atoms with Crippen LogP contribution in [0.1, 0.15) is 0 Å². The molecule has 8 nitrogen and oxygen atoms in total. The van der Waals surface area contributed by atoms with Gasteiger partial charge in [0.05, 0.1) is 0 Å². The molecule has 0 heterocycles. The number of hydrogen-bond acceptors (Lipinski definition) is 8. The van der Waals surface area contributed by atoms with Crippen LogP contribution in [-0.4, -0.2) is 0 Å². The molecule has 0 fully saturated rings. The van der Waals surface area contributed by atoms with E-state index in [4.69, 9.17) is 94.7 Å². The second-order valence-corrected chi connectivity index (χ2v) is 0. The molecule has 0 N–H and O–H groups in total. The summed E-state index contributed by atoms with van der Waals surface area (Å²) < 4.78 is 0. The van der Waals surface area contributed by atoms with Gasteiger partial charge in [0.15, 0.2) is 0 Å². The van der Waals surface area contributed by atoms with Gasteiger partial charge in [-0.15, -0.1) is 0 Å². The molecule has 0 aromatic carbocycles. The summed E-state index contributed by atoms with van der Waals surface area (Å²) in [5.41, 5.74) is 0. The zero-order chi connectivity index (χ0) is 16.0. The monoisotopic (exact) mass is 402 g/mol. The van der Waals surface area contributed by atoms with Crippen LogP contribution >= 0.6 is 0 Å². The molecule has 0 aromatic rings. The van der Waals surface area contributed by atoms with E-state index in [1.807, 2.05) is 0 Å². The molecule has 0 saturated heterocycles. The molecule has 0 aliphatic rings. The van der Waals surface area contributed by atoms with E-state index < -0.39 is 0 Å². The van der Waals surface area contributed by atoms with Crippen LogP contribution in [0.5, 0.6) is 0 Å². The number of nitrogens with zero attached hydrogens (tertiary/aromatic N) is 8. The number of rotatable bonds is 0. The Morgan fingerprint density at radius 2 is 0.250 bits per heavy atom. The molecule has 0 amide bonds. The summed E-state index contributed by atoms with van der Waals surface area (Å²) in [7, 11) is 0. The topological polar surface area (TPSA) is 190 Å². The summed E-state index contributed by atoms with van der Waals surface area (Å²) >= 11 is 0. The summed E-state index contributed by atoms with van der Waals surface area (Å²) in [5.74, 6) is 0. The van der Waals surface area contributed by atoms with Gasteiger partial charge in [-0.25, -0.2) is 0 Å². The zero-order valence-electron chi connectivity index (χ0n) is 10.2. The molecule has 0 aromatic heterocycles. The van der Waals surface area contributed by atoms with Crippen molar-refractivity contribution in [1.82, 2.24) is 0 Å². The van der Waals surface area contributed by atoms with Gasteiger partial charge < -0.3 is 94.7 Å². The van der Waals surface area contributed by atoms with Gasteiger partial charge in [-0.1, -0.05) is 0 Å². The summed E-state index contributed by atoms with van der Waals surface area (Å²) in [6.07, 6.45) is 0. The van der Waals surface area contributed by atoms with E-state index in [1.54, 1.807) is 0 Å². The molecule has 0 spiro atoms. The van der Waals surface area contributed by atoms with E-state index in [0.717, 1.165) is 0 Å². The van der Waals surface area contributed by atoms with Gasteiger partial charge in [-0.05, 0) is 0 Å². The van der Waals surface area contributed by atoms with Gasteiger partial charge in [-0.2, -0.15) is 0 Å². The fourth-order valence-corrected chi connectivity index (χ4v) is 0. The van der Waals surface area contributed by atoms with Crippen molar-refractivity contribution in [3.8, 4) is 0 Å². The Kier molecular flexibility index (Phi) is 1090000. The van der Waals surface area contributed by atoms with Crippen LogP contribution in [0.25, 0.3) is 0 Å². The van der Waals surface area contributed by atoms with E-state index >= 15 is 0 Å². The molecule has 94 valence electrons. The molecule has 0 atom stereocenters. The summed E-state index contributed by atoms with van der Waals surface area (Å²) in [4.78, 5) is 0. The summed E-state index contributed by atoms with van der Waals surface area (Å²) in [6, 6.07) is 0. The summed E-state index contributed by atoms with van der Waals surface area (Å²) in [6.45, 7) is 38.0. The molecule has 0 unspecified atom stereocenters. The van der Waals surface area contributed by atoms with Crippen LogP contribution < -0.4 is 103 Å². The smallest absolute Gasteiger partial charge is 0.512 e. The van der Waals surface area contributed by atoms with Gasteiger partial charge in [0.1, 0.15) is 0 Å². The zero-order valence-corrected chi connectivity index (χ0v) is 18.4. The van der Waals surface area contributed by atoms with Crippen LogP contribution in [-0.2, 0) is 33.0 Å². The molecular formula is C8K2N8Ni2. The Morgan fingerprint density at radius 1 is 0.250 bits per heavy atom. The Hall–Kier alpha value is 0.180. The molecule has 0 saturated carbocycles. The first-order valence-corrected chi connectivity index (χ1v) is 1.79. The van der Waals surface area contributed by atoms with Crippen LogP contribution in [0.15, 0.2) is 0 Å². The van der Waals surface area contributed by atoms with Crippen LogP contribution in [0, 0.1) is 94.7 Å². The first-order chi connectivity index (χ1) is 8.00. The third-order valence-corrected chi connectivity index (χ3v) is 0. The predicted octanol–water partition coefficient (Wildman–Crippen LogP) is -5.23. The van der Waals surface area contributed by atoms with Crippen LogP contribution in [0.3, 0.4) is 0 Å². The first-order valence-electron chi connectivity index (χ1n) is 1.79. The van der Waals surface area contributed by atoms with Crippen molar-refractivity contribution in [3.63, 3.8) is 0 Å². The van der Waals surface area contributed by atoms with Crippen LogP contribution in [0.4, 0.5) is 0 Å². The van der Waals surface area contributed by atoms with Gasteiger partial charge in [-0.3, -0.25) is 0 Å². The van der Waals surface area contributed by atoms with Crippen molar-refractivity contribution in [2.24, 2.45) is 0 Å². The number of hydrogen-bond donors (Lipinski definition) is 0. The van der Waals surface area contributed by atoms with E-state index in [1.165, 1.54) is 0 Å². The maximum atomic E-state index is 6.25. The minimum absolute atomic E-state index is 0. The van der Waals surface area contributed by atoms with Gasteiger partial charge in [0.25, 0.3) is 0 Å². The SMILES string of the molecule is [C-]#N.[C-]#N.[C-]#N.[C-]#N.[C-]#N.[C-]#N.[C-]#N.[C-]#N.[K+].[K+].[Ni+3].[Ni+3]. The van der Waals surface area contributed by atoms with Crippen molar-refractivity contribution in [2.75, 3.05) is 0 Å². The normalized spacial score (nSPS) is 0.800. The Morgan fingerprint density at radius 3 is 0.250 bits per heavy atom.